The summed E-state index contributed by atoms with van der Waals surface area (Å²) in [5.41, 5.74) is 0.261. The summed E-state index contributed by atoms with van der Waals surface area (Å²) in [6, 6.07) is 0. The maximum Gasteiger partial charge on any atom is 0.160 e. The smallest absolute Gasteiger partial charge is 0.160 e. The molecule has 1 rings (SSSR count). The van der Waals surface area contributed by atoms with Crippen LogP contribution >= 0.6 is 12.2 Å². The third kappa shape index (κ3) is 1.23. The van der Waals surface area contributed by atoms with Gasteiger partial charge in [-0.3, -0.25) is 0 Å². The van der Waals surface area contributed by atoms with Crippen molar-refractivity contribution in [2.24, 2.45) is 5.41 Å². The molecule has 1 aliphatic rings. The summed E-state index contributed by atoms with van der Waals surface area (Å²) in [4.78, 5) is 0. The molecule has 1 aliphatic heterocycles. The van der Waals surface area contributed by atoms with E-state index in [4.69, 9.17) is 17.0 Å². The monoisotopic (exact) mass is 144 g/mol. The Morgan fingerprint density at radius 1 is 1.67 bits per heavy atom. The van der Waals surface area contributed by atoms with Crippen molar-refractivity contribution in [3.05, 3.63) is 0 Å². The van der Waals surface area contributed by atoms with Gasteiger partial charge in [-0.15, -0.1) is 0 Å². The molecule has 2 heteroatoms. The molecule has 0 N–H and O–H groups in total. The Morgan fingerprint density at radius 2 is 2.22 bits per heavy atom. The van der Waals surface area contributed by atoms with Crippen LogP contribution in [0.1, 0.15) is 27.2 Å². The lowest BCUT2D eigenvalue weighted by Gasteiger charge is -2.19. The maximum atomic E-state index is 5.31. The molecule has 0 aromatic rings. The van der Waals surface area contributed by atoms with Gasteiger partial charge in [0.25, 0.3) is 0 Å². The standard InChI is InChI=1S/C7H12OS/c1-5-7(2,3)4-6(9)8-5/h5H,4H2,1-3H3. The second-order valence-electron chi connectivity index (χ2n) is 3.30. The summed E-state index contributed by atoms with van der Waals surface area (Å²) in [5, 5.41) is 0.771. The molecule has 0 saturated carbocycles. The van der Waals surface area contributed by atoms with Gasteiger partial charge < -0.3 is 4.74 Å². The third-order valence-electron chi connectivity index (χ3n) is 2.01. The van der Waals surface area contributed by atoms with E-state index in [9.17, 15) is 0 Å². The summed E-state index contributed by atoms with van der Waals surface area (Å²) in [7, 11) is 0. The summed E-state index contributed by atoms with van der Waals surface area (Å²) < 4.78 is 5.31. The van der Waals surface area contributed by atoms with Crippen molar-refractivity contribution in [3.8, 4) is 0 Å². The molecule has 0 aromatic heterocycles. The van der Waals surface area contributed by atoms with Crippen molar-refractivity contribution >= 4 is 17.3 Å². The van der Waals surface area contributed by atoms with Crippen molar-refractivity contribution in [3.63, 3.8) is 0 Å². The first kappa shape index (κ1) is 7.00. The molecule has 1 atom stereocenters. The molecule has 1 heterocycles. The van der Waals surface area contributed by atoms with E-state index in [0.29, 0.717) is 6.10 Å². The molecule has 1 nitrogen and oxygen atoms in total. The number of ether oxygens (including phenoxy) is 1. The summed E-state index contributed by atoms with van der Waals surface area (Å²) >= 11 is 4.92. The predicted molar refractivity (Wildman–Crippen MR) is 41.5 cm³/mol. The zero-order valence-corrected chi connectivity index (χ0v) is 6.92. The fourth-order valence-corrected chi connectivity index (χ4v) is 1.43. The molecule has 52 valence electrons. The third-order valence-corrected chi connectivity index (χ3v) is 2.25. The van der Waals surface area contributed by atoms with E-state index in [-0.39, 0.29) is 5.41 Å². The van der Waals surface area contributed by atoms with Crippen LogP contribution in [0.5, 0.6) is 0 Å². The van der Waals surface area contributed by atoms with Crippen LogP contribution in [0.25, 0.3) is 0 Å². The molecule has 1 fully saturated rings. The van der Waals surface area contributed by atoms with Crippen molar-refractivity contribution in [2.45, 2.75) is 33.3 Å². The van der Waals surface area contributed by atoms with Gasteiger partial charge in [0.15, 0.2) is 5.05 Å². The highest BCUT2D eigenvalue weighted by molar-refractivity contribution is 7.80. The van der Waals surface area contributed by atoms with Gasteiger partial charge in [-0.2, -0.15) is 0 Å². The van der Waals surface area contributed by atoms with Crippen molar-refractivity contribution in [1.29, 1.82) is 0 Å². The van der Waals surface area contributed by atoms with E-state index in [2.05, 4.69) is 20.8 Å². The van der Waals surface area contributed by atoms with Gasteiger partial charge in [-0.1, -0.05) is 13.8 Å². The molecule has 0 bridgehead atoms. The van der Waals surface area contributed by atoms with Crippen LogP contribution in [0.2, 0.25) is 0 Å². The van der Waals surface area contributed by atoms with Crippen LogP contribution in [0.15, 0.2) is 0 Å². The topological polar surface area (TPSA) is 9.23 Å². The van der Waals surface area contributed by atoms with Crippen molar-refractivity contribution in [2.75, 3.05) is 0 Å². The average molecular weight is 144 g/mol. The molecule has 0 aliphatic carbocycles. The second-order valence-corrected chi connectivity index (χ2v) is 3.75. The number of hydrogen-bond donors (Lipinski definition) is 0. The van der Waals surface area contributed by atoms with Crippen LogP contribution < -0.4 is 0 Å². The first-order valence-electron chi connectivity index (χ1n) is 3.22. The lowest BCUT2D eigenvalue weighted by molar-refractivity contribution is 0.141. The minimum absolute atomic E-state index is 0.261. The van der Waals surface area contributed by atoms with Gasteiger partial charge in [0.2, 0.25) is 0 Å². The van der Waals surface area contributed by atoms with Gasteiger partial charge >= 0.3 is 0 Å². The largest absolute Gasteiger partial charge is 0.484 e. The zero-order valence-electron chi connectivity index (χ0n) is 6.10. The van der Waals surface area contributed by atoms with Gasteiger partial charge in [0, 0.05) is 11.8 Å². The first-order chi connectivity index (χ1) is 4.02. The number of rotatable bonds is 0. The first-order valence-corrected chi connectivity index (χ1v) is 3.63. The molecule has 1 unspecified atom stereocenters. The minimum Gasteiger partial charge on any atom is -0.484 e. The normalized spacial score (nSPS) is 32.3. The van der Waals surface area contributed by atoms with Gasteiger partial charge in [0.05, 0.1) is 0 Å². The Morgan fingerprint density at radius 3 is 2.33 bits per heavy atom. The highest BCUT2D eigenvalue weighted by atomic mass is 32.1. The van der Waals surface area contributed by atoms with Crippen LogP contribution in [0.3, 0.4) is 0 Å². The Labute approximate surface area is 61.4 Å². The molecule has 9 heavy (non-hydrogen) atoms. The quantitative estimate of drug-likeness (QED) is 0.482. The molecule has 0 radical (unpaired) electrons. The summed E-state index contributed by atoms with van der Waals surface area (Å²) in [6.07, 6.45) is 1.23. The molecular weight excluding hydrogens is 132 g/mol. The fourth-order valence-electron chi connectivity index (χ4n) is 0.914. The Hall–Kier alpha value is -0.110. The Bertz CT molecular complexity index is 140. The van der Waals surface area contributed by atoms with Gasteiger partial charge in [-0.05, 0) is 19.1 Å². The molecule has 0 amide bonds. The molecule has 0 aromatic carbocycles. The molecule has 0 spiro atoms. The molecular formula is C7H12OS. The summed E-state index contributed by atoms with van der Waals surface area (Å²) in [6.45, 7) is 6.42. The SMILES string of the molecule is CC1OC(=S)CC1(C)C. The van der Waals surface area contributed by atoms with Gasteiger partial charge in [0.1, 0.15) is 6.10 Å². The maximum absolute atomic E-state index is 5.31. The number of thiocarbonyl (C=S) groups is 1. The van der Waals surface area contributed by atoms with E-state index in [0.717, 1.165) is 11.5 Å². The highest BCUT2D eigenvalue weighted by Gasteiger charge is 2.35. The zero-order chi connectivity index (χ0) is 7.07. The van der Waals surface area contributed by atoms with E-state index in [1.165, 1.54) is 0 Å². The molecule has 1 saturated heterocycles. The van der Waals surface area contributed by atoms with Gasteiger partial charge in [-0.25, -0.2) is 0 Å². The van der Waals surface area contributed by atoms with Crippen LogP contribution in [-0.4, -0.2) is 11.2 Å². The van der Waals surface area contributed by atoms with E-state index < -0.39 is 0 Å². The fraction of sp³-hybridized carbons (Fsp3) is 0.857. The lowest BCUT2D eigenvalue weighted by Crippen LogP contribution is -2.19. The van der Waals surface area contributed by atoms with Crippen LogP contribution in [0.4, 0.5) is 0 Å². The highest BCUT2D eigenvalue weighted by Crippen LogP contribution is 2.34. The Kier molecular flexibility index (Phi) is 1.51. The lowest BCUT2D eigenvalue weighted by atomic mass is 9.87. The second kappa shape index (κ2) is 1.94. The minimum atomic E-state index is 0.261. The van der Waals surface area contributed by atoms with E-state index in [1.54, 1.807) is 0 Å². The predicted octanol–water partition coefficient (Wildman–Crippen LogP) is 2.15. The van der Waals surface area contributed by atoms with Crippen LogP contribution in [-0.2, 0) is 4.74 Å². The van der Waals surface area contributed by atoms with E-state index >= 15 is 0 Å². The number of hydrogen-bond acceptors (Lipinski definition) is 2. The average Bonchev–Trinajstić information content (AvgIpc) is 1.79. The van der Waals surface area contributed by atoms with Crippen molar-refractivity contribution in [1.82, 2.24) is 0 Å². The van der Waals surface area contributed by atoms with Crippen LogP contribution in [0, 0.1) is 5.41 Å². The summed E-state index contributed by atoms with van der Waals surface area (Å²) in [5.74, 6) is 0. The van der Waals surface area contributed by atoms with E-state index in [1.807, 2.05) is 0 Å². The van der Waals surface area contributed by atoms with Crippen molar-refractivity contribution < 1.29 is 4.74 Å². The Balaban J connectivity index is 2.69.